The van der Waals surface area contributed by atoms with E-state index in [1.807, 2.05) is 30.3 Å². The maximum Gasteiger partial charge on any atom is 0.321 e. The van der Waals surface area contributed by atoms with Gasteiger partial charge in [0.2, 0.25) is 0 Å². The van der Waals surface area contributed by atoms with Crippen LogP contribution in [-0.4, -0.2) is 40.6 Å². The van der Waals surface area contributed by atoms with Crippen LogP contribution in [0, 0.1) is 0 Å². The first-order chi connectivity index (χ1) is 14.0. The molecule has 2 aromatic carbocycles. The number of benzene rings is 2. The van der Waals surface area contributed by atoms with Gasteiger partial charge in [0.05, 0.1) is 0 Å². The molecule has 9 heteroatoms. The molecule has 0 spiro atoms. The van der Waals surface area contributed by atoms with Gasteiger partial charge in [0.15, 0.2) is 5.82 Å². The Balaban J connectivity index is 1.46. The molecule has 29 heavy (non-hydrogen) atoms. The highest BCUT2D eigenvalue weighted by Gasteiger charge is 2.16. The number of urea groups is 1. The van der Waals surface area contributed by atoms with E-state index in [1.54, 1.807) is 31.3 Å². The molecule has 0 aliphatic carbocycles. The minimum atomic E-state index is -0.464. The van der Waals surface area contributed by atoms with E-state index in [0.717, 1.165) is 5.56 Å². The number of aromatic nitrogens is 2. The van der Waals surface area contributed by atoms with Crippen LogP contribution in [0.1, 0.15) is 22.1 Å². The third-order valence-electron chi connectivity index (χ3n) is 4.07. The number of anilines is 1. The van der Waals surface area contributed by atoms with Crippen LogP contribution in [0.25, 0.3) is 0 Å². The molecule has 0 saturated heterocycles. The van der Waals surface area contributed by atoms with Gasteiger partial charge in [0.25, 0.3) is 0 Å². The van der Waals surface area contributed by atoms with Crippen LogP contribution in [0.15, 0.2) is 59.1 Å². The second-order valence-electron chi connectivity index (χ2n) is 6.29. The number of hydrogen-bond donors (Lipinski definition) is 2. The van der Waals surface area contributed by atoms with Crippen LogP contribution in [-0.2, 0) is 13.0 Å². The Morgan fingerprint density at radius 3 is 2.55 bits per heavy atom. The molecular formula is C20H20ClN5O3. The Bertz CT molecular complexity index is 960. The van der Waals surface area contributed by atoms with E-state index in [0.29, 0.717) is 36.0 Å². The largest absolute Gasteiger partial charge is 0.344 e. The Kier molecular flexibility index (Phi) is 6.80. The normalized spacial score (nSPS) is 10.4. The zero-order chi connectivity index (χ0) is 20.6. The Labute approximate surface area is 172 Å². The molecular weight excluding hydrogens is 394 g/mol. The molecule has 2 N–H and O–H groups in total. The van der Waals surface area contributed by atoms with E-state index >= 15 is 0 Å². The minimum Gasteiger partial charge on any atom is -0.344 e. The number of carbonyl (C=O) groups excluding carboxylic acids is 2. The average Bonchev–Trinajstić information content (AvgIpc) is 3.21. The number of rotatable bonds is 7. The zero-order valence-corrected chi connectivity index (χ0v) is 16.5. The standard InChI is InChI=1S/C20H20ClN5O3/c1-26(20(28)23-16-5-3-2-4-6-16)12-11-17-24-19(29-25-17)18(27)22-13-14-7-9-15(21)10-8-14/h2-10H,11-13H2,1H3,(H,22,27)(H,23,28). The van der Waals surface area contributed by atoms with Crippen molar-refractivity contribution in [3.8, 4) is 0 Å². The molecule has 0 fully saturated rings. The molecule has 3 aromatic rings. The molecule has 1 heterocycles. The lowest BCUT2D eigenvalue weighted by atomic mass is 10.2. The SMILES string of the molecule is CN(CCc1noc(C(=O)NCc2ccc(Cl)cc2)n1)C(=O)Nc1ccccc1. The Morgan fingerprint density at radius 1 is 1.10 bits per heavy atom. The Morgan fingerprint density at radius 2 is 1.83 bits per heavy atom. The smallest absolute Gasteiger partial charge is 0.321 e. The highest BCUT2D eigenvalue weighted by molar-refractivity contribution is 6.30. The van der Waals surface area contributed by atoms with Gasteiger partial charge in [-0.1, -0.05) is 47.1 Å². The first-order valence-electron chi connectivity index (χ1n) is 8.93. The van der Waals surface area contributed by atoms with Crippen molar-refractivity contribution in [2.45, 2.75) is 13.0 Å². The lowest BCUT2D eigenvalue weighted by Gasteiger charge is -2.16. The van der Waals surface area contributed by atoms with Gasteiger partial charge in [-0.05, 0) is 29.8 Å². The summed E-state index contributed by atoms with van der Waals surface area (Å²) in [7, 11) is 1.66. The number of likely N-dealkylation sites (N-methyl/N-ethyl adjacent to an activating group) is 1. The molecule has 0 unspecified atom stereocenters. The van der Waals surface area contributed by atoms with Crippen molar-refractivity contribution in [1.29, 1.82) is 0 Å². The van der Waals surface area contributed by atoms with Gasteiger partial charge in [-0.3, -0.25) is 4.79 Å². The first kappa shape index (κ1) is 20.3. The summed E-state index contributed by atoms with van der Waals surface area (Å²) in [5, 5.41) is 9.92. The molecule has 0 atom stereocenters. The quantitative estimate of drug-likeness (QED) is 0.618. The predicted octanol–water partition coefficient (Wildman–Crippen LogP) is 3.36. The maximum atomic E-state index is 12.2. The molecule has 150 valence electrons. The maximum absolute atomic E-state index is 12.2. The van der Waals surface area contributed by atoms with Crippen LogP contribution < -0.4 is 10.6 Å². The summed E-state index contributed by atoms with van der Waals surface area (Å²) in [5.74, 6) is -0.236. The third-order valence-corrected chi connectivity index (χ3v) is 4.32. The van der Waals surface area contributed by atoms with Crippen molar-refractivity contribution in [3.63, 3.8) is 0 Å². The highest BCUT2D eigenvalue weighted by atomic mass is 35.5. The van der Waals surface area contributed by atoms with Gasteiger partial charge in [-0.25, -0.2) is 4.79 Å². The number of halogens is 1. The van der Waals surface area contributed by atoms with E-state index in [4.69, 9.17) is 16.1 Å². The molecule has 1 aromatic heterocycles. The van der Waals surface area contributed by atoms with Gasteiger partial charge >= 0.3 is 17.8 Å². The van der Waals surface area contributed by atoms with Gasteiger partial charge in [-0.15, -0.1) is 0 Å². The second-order valence-corrected chi connectivity index (χ2v) is 6.73. The number of hydrogen-bond acceptors (Lipinski definition) is 5. The molecule has 0 bridgehead atoms. The van der Waals surface area contributed by atoms with Crippen molar-refractivity contribution in [2.24, 2.45) is 0 Å². The summed E-state index contributed by atoms with van der Waals surface area (Å²) >= 11 is 5.84. The number of amides is 3. The molecule has 0 aliphatic heterocycles. The summed E-state index contributed by atoms with van der Waals surface area (Å²) in [5.41, 5.74) is 1.61. The number of nitrogens with one attached hydrogen (secondary N) is 2. The van der Waals surface area contributed by atoms with E-state index in [2.05, 4.69) is 20.8 Å². The summed E-state index contributed by atoms with van der Waals surface area (Å²) in [4.78, 5) is 29.9. The number of para-hydroxylation sites is 1. The van der Waals surface area contributed by atoms with Crippen molar-refractivity contribution >= 4 is 29.2 Å². The van der Waals surface area contributed by atoms with Gasteiger partial charge in [0.1, 0.15) is 0 Å². The fourth-order valence-corrected chi connectivity index (χ4v) is 2.54. The van der Waals surface area contributed by atoms with E-state index in [9.17, 15) is 9.59 Å². The Hall–Kier alpha value is -3.39. The summed E-state index contributed by atoms with van der Waals surface area (Å²) in [6.45, 7) is 0.681. The van der Waals surface area contributed by atoms with Crippen LogP contribution in [0.3, 0.4) is 0 Å². The zero-order valence-electron chi connectivity index (χ0n) is 15.8. The van der Waals surface area contributed by atoms with Crippen molar-refractivity contribution < 1.29 is 14.1 Å². The van der Waals surface area contributed by atoms with Gasteiger partial charge in [0, 0.05) is 37.3 Å². The summed E-state index contributed by atoms with van der Waals surface area (Å²) < 4.78 is 5.01. The van der Waals surface area contributed by atoms with Crippen molar-refractivity contribution in [2.75, 3.05) is 18.9 Å². The fraction of sp³-hybridized carbons (Fsp3) is 0.200. The van der Waals surface area contributed by atoms with Crippen LogP contribution >= 0.6 is 11.6 Å². The highest BCUT2D eigenvalue weighted by Crippen LogP contribution is 2.10. The first-order valence-corrected chi connectivity index (χ1v) is 9.31. The van der Waals surface area contributed by atoms with E-state index in [1.165, 1.54) is 4.90 Å². The predicted molar refractivity (Wildman–Crippen MR) is 109 cm³/mol. The second kappa shape index (κ2) is 9.70. The third kappa shape index (κ3) is 6.05. The van der Waals surface area contributed by atoms with Gasteiger partial charge < -0.3 is 20.1 Å². The average molecular weight is 414 g/mol. The molecule has 3 rings (SSSR count). The molecule has 8 nitrogen and oxygen atoms in total. The molecule has 0 saturated carbocycles. The van der Waals surface area contributed by atoms with Crippen molar-refractivity contribution in [1.82, 2.24) is 20.4 Å². The lowest BCUT2D eigenvalue weighted by molar-refractivity contribution is 0.0907. The van der Waals surface area contributed by atoms with E-state index in [-0.39, 0.29) is 11.9 Å². The van der Waals surface area contributed by atoms with Crippen LogP contribution in [0.2, 0.25) is 5.02 Å². The monoisotopic (exact) mass is 413 g/mol. The minimum absolute atomic E-state index is 0.120. The van der Waals surface area contributed by atoms with Gasteiger partial charge in [-0.2, -0.15) is 4.98 Å². The van der Waals surface area contributed by atoms with Crippen molar-refractivity contribution in [3.05, 3.63) is 76.9 Å². The summed E-state index contributed by atoms with van der Waals surface area (Å²) in [6, 6.07) is 16.1. The molecule has 3 amide bonds. The fourth-order valence-electron chi connectivity index (χ4n) is 2.42. The van der Waals surface area contributed by atoms with E-state index < -0.39 is 5.91 Å². The topological polar surface area (TPSA) is 100 Å². The molecule has 0 radical (unpaired) electrons. The van der Waals surface area contributed by atoms with Crippen LogP contribution in [0.5, 0.6) is 0 Å². The number of carbonyl (C=O) groups is 2. The lowest BCUT2D eigenvalue weighted by Crippen LogP contribution is -2.33. The van der Waals surface area contributed by atoms with Crippen LogP contribution in [0.4, 0.5) is 10.5 Å². The summed E-state index contributed by atoms with van der Waals surface area (Å²) in [6.07, 6.45) is 0.354. The molecule has 0 aliphatic rings. The number of nitrogens with zero attached hydrogens (tertiary/aromatic N) is 3.